The van der Waals surface area contributed by atoms with Gasteiger partial charge in [-0.2, -0.15) is 5.10 Å². The summed E-state index contributed by atoms with van der Waals surface area (Å²) in [6.45, 7) is 1.56. The molecular formula is C8H14N2O2S. The number of hydrogen-bond donors (Lipinski definition) is 1. The number of rotatable bonds is 0. The molecule has 13 heavy (non-hydrogen) atoms. The van der Waals surface area contributed by atoms with Crippen LogP contribution in [0.25, 0.3) is 0 Å². The van der Waals surface area contributed by atoms with E-state index in [-0.39, 0.29) is 16.3 Å². The Bertz CT molecular complexity index is 334. The van der Waals surface area contributed by atoms with Crippen LogP contribution in [-0.2, 0) is 9.84 Å². The first-order valence-electron chi connectivity index (χ1n) is 4.66. The summed E-state index contributed by atoms with van der Waals surface area (Å²) in [7, 11) is -3.07. The van der Waals surface area contributed by atoms with Crippen LogP contribution in [0, 0.1) is 0 Å². The fraction of sp³-hybridized carbons (Fsp3) is 0.875. The molecule has 4 nitrogen and oxygen atoms in total. The Balaban J connectivity index is 2.36. The van der Waals surface area contributed by atoms with Crippen molar-refractivity contribution in [1.82, 2.24) is 5.43 Å². The Morgan fingerprint density at radius 3 is 2.85 bits per heavy atom. The Morgan fingerprint density at radius 1 is 1.38 bits per heavy atom. The molecule has 0 saturated heterocycles. The van der Waals surface area contributed by atoms with Crippen molar-refractivity contribution in [2.75, 3.05) is 0 Å². The van der Waals surface area contributed by atoms with Gasteiger partial charge in [-0.1, -0.05) is 12.8 Å². The van der Waals surface area contributed by atoms with Crippen LogP contribution in [0.4, 0.5) is 0 Å². The lowest BCUT2D eigenvalue weighted by Gasteiger charge is -2.33. The van der Waals surface area contributed by atoms with Gasteiger partial charge in [-0.3, -0.25) is 0 Å². The van der Waals surface area contributed by atoms with Gasteiger partial charge in [-0.15, -0.1) is 0 Å². The molecule has 5 heteroatoms. The third kappa shape index (κ3) is 1.35. The van der Waals surface area contributed by atoms with E-state index in [1.54, 1.807) is 6.92 Å². The minimum Gasteiger partial charge on any atom is -0.305 e. The van der Waals surface area contributed by atoms with Crippen molar-refractivity contribution in [2.24, 2.45) is 5.10 Å². The van der Waals surface area contributed by atoms with Gasteiger partial charge in [0, 0.05) is 0 Å². The smallest absolute Gasteiger partial charge is 0.198 e. The monoisotopic (exact) mass is 202 g/mol. The van der Waals surface area contributed by atoms with E-state index in [9.17, 15) is 8.42 Å². The Hall–Kier alpha value is -0.580. The second-order valence-electron chi connectivity index (χ2n) is 3.73. The van der Waals surface area contributed by atoms with E-state index >= 15 is 0 Å². The standard InChI is InChI=1S/C8H14N2O2S/c1-6-9-10-7-4-2-3-5-8(7)13(6,11)12/h7-8,10H,2-5H2,1H3. The molecule has 2 atom stereocenters. The normalized spacial score (nSPS) is 37.2. The lowest BCUT2D eigenvalue weighted by molar-refractivity contribution is 0.374. The van der Waals surface area contributed by atoms with Crippen molar-refractivity contribution < 1.29 is 8.42 Å². The molecule has 0 aromatic heterocycles. The zero-order valence-corrected chi connectivity index (χ0v) is 8.47. The van der Waals surface area contributed by atoms with E-state index in [1.807, 2.05) is 0 Å². The van der Waals surface area contributed by atoms with Gasteiger partial charge in [0.1, 0.15) is 5.04 Å². The minimum absolute atomic E-state index is 0.0578. The van der Waals surface area contributed by atoms with E-state index in [1.165, 1.54) is 0 Å². The maximum atomic E-state index is 11.8. The maximum Gasteiger partial charge on any atom is 0.198 e. The zero-order valence-electron chi connectivity index (χ0n) is 7.66. The fourth-order valence-electron chi connectivity index (χ4n) is 2.07. The molecule has 1 aliphatic carbocycles. The van der Waals surface area contributed by atoms with Crippen molar-refractivity contribution in [1.29, 1.82) is 0 Å². The zero-order chi connectivity index (χ0) is 9.47. The van der Waals surface area contributed by atoms with Crippen LogP contribution in [0.3, 0.4) is 0 Å². The topological polar surface area (TPSA) is 58.5 Å². The van der Waals surface area contributed by atoms with Crippen molar-refractivity contribution in [2.45, 2.75) is 43.9 Å². The molecule has 2 unspecified atom stereocenters. The van der Waals surface area contributed by atoms with Crippen LogP contribution >= 0.6 is 0 Å². The lowest BCUT2D eigenvalue weighted by Crippen LogP contribution is -2.50. The second kappa shape index (κ2) is 2.97. The summed E-state index contributed by atoms with van der Waals surface area (Å²) in [5, 5.41) is 3.87. The maximum absolute atomic E-state index is 11.8. The molecule has 0 amide bonds. The van der Waals surface area contributed by atoms with E-state index in [0.717, 1.165) is 25.7 Å². The predicted molar refractivity (Wildman–Crippen MR) is 51.2 cm³/mol. The van der Waals surface area contributed by atoms with Crippen LogP contribution in [0.1, 0.15) is 32.6 Å². The molecule has 0 radical (unpaired) electrons. The predicted octanol–water partition coefficient (Wildman–Crippen LogP) is 0.649. The van der Waals surface area contributed by atoms with E-state index in [0.29, 0.717) is 0 Å². The third-order valence-electron chi connectivity index (χ3n) is 2.90. The number of sulfone groups is 1. The first kappa shape index (κ1) is 8.99. The molecule has 2 rings (SSSR count). The van der Waals surface area contributed by atoms with Gasteiger partial charge in [0.2, 0.25) is 0 Å². The summed E-state index contributed by atoms with van der Waals surface area (Å²) >= 11 is 0. The van der Waals surface area contributed by atoms with Gasteiger partial charge in [0.25, 0.3) is 0 Å². The summed E-state index contributed by atoms with van der Waals surface area (Å²) in [6.07, 6.45) is 3.85. The summed E-state index contributed by atoms with van der Waals surface area (Å²) in [6, 6.07) is 0.0578. The minimum atomic E-state index is -3.07. The van der Waals surface area contributed by atoms with Gasteiger partial charge in [-0.25, -0.2) is 8.42 Å². The summed E-state index contributed by atoms with van der Waals surface area (Å²) in [4.78, 5) is 0. The first-order valence-corrected chi connectivity index (χ1v) is 6.21. The number of hydrogen-bond acceptors (Lipinski definition) is 4. The lowest BCUT2D eigenvalue weighted by atomic mass is 9.95. The molecule has 74 valence electrons. The van der Waals surface area contributed by atoms with Crippen LogP contribution in [-0.4, -0.2) is 24.8 Å². The fourth-order valence-corrected chi connectivity index (χ4v) is 3.80. The van der Waals surface area contributed by atoms with E-state index < -0.39 is 9.84 Å². The highest BCUT2D eigenvalue weighted by Gasteiger charge is 2.39. The number of fused-ring (bicyclic) bond motifs is 1. The average Bonchev–Trinajstić information content (AvgIpc) is 2.13. The average molecular weight is 202 g/mol. The summed E-state index contributed by atoms with van der Waals surface area (Å²) < 4.78 is 23.6. The number of hydrazone groups is 1. The van der Waals surface area contributed by atoms with Crippen LogP contribution in [0.5, 0.6) is 0 Å². The second-order valence-corrected chi connectivity index (χ2v) is 6.02. The molecule has 1 saturated carbocycles. The third-order valence-corrected chi connectivity index (χ3v) is 5.18. The Labute approximate surface area is 78.3 Å². The molecule has 0 aromatic rings. The van der Waals surface area contributed by atoms with Gasteiger partial charge >= 0.3 is 0 Å². The van der Waals surface area contributed by atoms with Gasteiger partial charge < -0.3 is 5.43 Å². The number of nitrogens with one attached hydrogen (secondary N) is 1. The van der Waals surface area contributed by atoms with Gasteiger partial charge in [0.15, 0.2) is 9.84 Å². The van der Waals surface area contributed by atoms with Crippen LogP contribution < -0.4 is 5.43 Å². The highest BCUT2D eigenvalue weighted by Crippen LogP contribution is 2.27. The Morgan fingerprint density at radius 2 is 2.08 bits per heavy atom. The van der Waals surface area contributed by atoms with Crippen LogP contribution in [0.15, 0.2) is 5.10 Å². The largest absolute Gasteiger partial charge is 0.305 e. The molecular weight excluding hydrogens is 188 g/mol. The first-order chi connectivity index (χ1) is 6.12. The molecule has 1 aliphatic heterocycles. The molecule has 0 spiro atoms. The molecule has 1 N–H and O–H groups in total. The van der Waals surface area contributed by atoms with E-state index in [2.05, 4.69) is 10.5 Å². The van der Waals surface area contributed by atoms with Crippen molar-refractivity contribution >= 4 is 14.9 Å². The van der Waals surface area contributed by atoms with Crippen molar-refractivity contribution in [3.63, 3.8) is 0 Å². The van der Waals surface area contributed by atoms with E-state index in [4.69, 9.17) is 0 Å². The van der Waals surface area contributed by atoms with Gasteiger partial charge in [-0.05, 0) is 19.8 Å². The quantitative estimate of drug-likeness (QED) is 0.627. The highest BCUT2D eigenvalue weighted by atomic mass is 32.2. The van der Waals surface area contributed by atoms with Crippen LogP contribution in [0.2, 0.25) is 0 Å². The molecule has 1 fully saturated rings. The highest BCUT2D eigenvalue weighted by molar-refractivity contribution is 8.06. The summed E-state index contributed by atoms with van der Waals surface area (Å²) in [5.74, 6) is 0. The molecule has 0 aromatic carbocycles. The SMILES string of the molecule is CC1=NNC2CCCCC2S1(=O)=O. The van der Waals surface area contributed by atoms with Gasteiger partial charge in [0.05, 0.1) is 11.3 Å². The van der Waals surface area contributed by atoms with Crippen molar-refractivity contribution in [3.05, 3.63) is 0 Å². The molecule has 1 heterocycles. The molecule has 0 bridgehead atoms. The number of nitrogens with zero attached hydrogens (tertiary/aromatic N) is 1. The van der Waals surface area contributed by atoms with Crippen molar-refractivity contribution in [3.8, 4) is 0 Å². The Kier molecular flexibility index (Phi) is 2.06. The summed E-state index contributed by atoms with van der Waals surface area (Å²) in [5.41, 5.74) is 2.94. The molecule has 2 aliphatic rings.